The van der Waals surface area contributed by atoms with Crippen LogP contribution in [0.1, 0.15) is 0 Å². The number of H-pyrrole nitrogens is 1. The first kappa shape index (κ1) is 10.3. The second-order valence-electron chi connectivity index (χ2n) is 3.64. The minimum absolute atomic E-state index is 0.0996. The van der Waals surface area contributed by atoms with Crippen LogP contribution >= 0.6 is 0 Å². The summed E-state index contributed by atoms with van der Waals surface area (Å²) in [6.07, 6.45) is 0. The number of nitrogens with two attached hydrogens (primary N) is 1. The molecule has 1 amide bonds. The summed E-state index contributed by atoms with van der Waals surface area (Å²) >= 11 is 0. The Kier molecular flexibility index (Phi) is 1.88. The van der Waals surface area contributed by atoms with Gasteiger partial charge in [0, 0.05) is 0 Å². The van der Waals surface area contributed by atoms with Gasteiger partial charge in [-0.1, -0.05) is 12.1 Å². The highest BCUT2D eigenvalue weighted by Crippen LogP contribution is 2.12. The van der Waals surface area contributed by atoms with Gasteiger partial charge in [-0.25, -0.2) is 23.8 Å². The maximum absolute atomic E-state index is 11.8. The Morgan fingerprint density at radius 2 is 1.94 bits per heavy atom. The van der Waals surface area contributed by atoms with Crippen molar-refractivity contribution < 1.29 is 4.79 Å². The van der Waals surface area contributed by atoms with E-state index in [1.54, 1.807) is 24.3 Å². The zero-order chi connectivity index (χ0) is 12.9. The predicted octanol–water partition coefficient (Wildman–Crippen LogP) is -0.736. The van der Waals surface area contributed by atoms with Gasteiger partial charge in [0.15, 0.2) is 0 Å². The summed E-state index contributed by atoms with van der Waals surface area (Å²) in [5.41, 5.74) is 4.51. The molecule has 0 aliphatic rings. The van der Waals surface area contributed by atoms with Crippen LogP contribution in [-0.4, -0.2) is 25.0 Å². The lowest BCUT2D eigenvalue weighted by molar-refractivity contribution is 0.249. The third-order valence-electron chi connectivity index (χ3n) is 2.58. The Morgan fingerprint density at radius 3 is 2.67 bits per heavy atom. The van der Waals surface area contributed by atoms with Crippen molar-refractivity contribution in [3.63, 3.8) is 0 Å². The minimum atomic E-state index is -1.00. The van der Waals surface area contributed by atoms with E-state index < -0.39 is 17.4 Å². The van der Waals surface area contributed by atoms with Crippen LogP contribution in [0.5, 0.6) is 0 Å². The number of nitrogens with one attached hydrogen (secondary N) is 1. The smallest absolute Gasteiger partial charge is 0.340 e. The monoisotopic (exact) mass is 245 g/mol. The van der Waals surface area contributed by atoms with Crippen LogP contribution in [0.15, 0.2) is 33.9 Å². The molecule has 3 aromatic rings. The molecular weight excluding hydrogens is 238 g/mol. The largest absolute Gasteiger partial charge is 0.351 e. The van der Waals surface area contributed by atoms with Gasteiger partial charge in [0.25, 0.3) is 0 Å². The molecule has 0 aliphatic carbocycles. The van der Waals surface area contributed by atoms with Gasteiger partial charge in [-0.05, 0) is 12.1 Å². The lowest BCUT2D eigenvalue weighted by Crippen LogP contribution is -2.40. The summed E-state index contributed by atoms with van der Waals surface area (Å²) < 4.78 is 1.74. The van der Waals surface area contributed by atoms with Crippen molar-refractivity contribution in [1.82, 2.24) is 18.9 Å². The highest BCUT2D eigenvalue weighted by Gasteiger charge is 2.15. The van der Waals surface area contributed by atoms with Gasteiger partial charge in [0.05, 0.1) is 11.0 Å². The second-order valence-corrected chi connectivity index (χ2v) is 3.64. The van der Waals surface area contributed by atoms with E-state index in [1.165, 1.54) is 0 Å². The third-order valence-corrected chi connectivity index (χ3v) is 2.58. The summed E-state index contributed by atoms with van der Waals surface area (Å²) in [5.74, 6) is -0.0996. The molecule has 3 N–H and O–H groups in total. The summed E-state index contributed by atoms with van der Waals surface area (Å²) in [4.78, 5) is 40.6. The molecule has 0 fully saturated rings. The Labute approximate surface area is 98.3 Å². The maximum Gasteiger partial charge on any atom is 0.340 e. The van der Waals surface area contributed by atoms with Crippen LogP contribution < -0.4 is 17.1 Å². The van der Waals surface area contributed by atoms with Crippen LogP contribution in [0, 0.1) is 0 Å². The normalized spacial score (nSPS) is 11.1. The molecule has 0 aliphatic heterocycles. The van der Waals surface area contributed by atoms with Crippen molar-refractivity contribution in [3.8, 4) is 0 Å². The number of aromatic amines is 1. The first-order chi connectivity index (χ1) is 8.59. The van der Waals surface area contributed by atoms with Crippen LogP contribution in [0.2, 0.25) is 0 Å². The Bertz CT molecular complexity index is 901. The molecule has 0 spiro atoms. The number of hydrogen-bond acceptors (Lipinski definition) is 4. The first-order valence-corrected chi connectivity index (χ1v) is 5.02. The van der Waals surface area contributed by atoms with Crippen molar-refractivity contribution in [1.29, 1.82) is 0 Å². The number of imidazole rings is 1. The molecular formula is C10H7N5O3. The molecule has 0 unspecified atom stereocenters. The zero-order valence-electron chi connectivity index (χ0n) is 8.95. The average molecular weight is 245 g/mol. The quantitative estimate of drug-likeness (QED) is 0.542. The summed E-state index contributed by atoms with van der Waals surface area (Å²) in [7, 11) is 0. The van der Waals surface area contributed by atoms with Gasteiger partial charge in [0.2, 0.25) is 5.78 Å². The topological polar surface area (TPSA) is 115 Å². The Hall–Kier alpha value is -2.90. The van der Waals surface area contributed by atoms with Gasteiger partial charge in [-0.3, -0.25) is 4.98 Å². The van der Waals surface area contributed by atoms with Gasteiger partial charge in [0.1, 0.15) is 0 Å². The van der Waals surface area contributed by atoms with Crippen LogP contribution in [0.4, 0.5) is 4.79 Å². The molecule has 2 aromatic heterocycles. The van der Waals surface area contributed by atoms with E-state index in [2.05, 4.69) is 4.98 Å². The minimum Gasteiger partial charge on any atom is -0.351 e. The average Bonchev–Trinajstić information content (AvgIpc) is 2.66. The lowest BCUT2D eigenvalue weighted by atomic mass is 10.3. The molecule has 0 bridgehead atoms. The first-order valence-electron chi connectivity index (χ1n) is 5.02. The number of hydrogen-bond donors (Lipinski definition) is 2. The third kappa shape index (κ3) is 1.19. The molecule has 8 nitrogen and oxygen atoms in total. The molecule has 2 heterocycles. The number of amides is 1. The summed E-state index contributed by atoms with van der Waals surface area (Å²) in [5, 5.41) is 0. The highest BCUT2D eigenvalue weighted by atomic mass is 16.2. The van der Waals surface area contributed by atoms with E-state index in [1.807, 2.05) is 4.98 Å². The SMILES string of the molecule is NC(=O)n1c(=O)[nH]c(=O)n2c3ccccc3nc12. The summed E-state index contributed by atoms with van der Waals surface area (Å²) in [6.45, 7) is 0. The van der Waals surface area contributed by atoms with E-state index in [0.717, 1.165) is 4.40 Å². The number of rotatable bonds is 0. The molecule has 0 saturated heterocycles. The molecule has 18 heavy (non-hydrogen) atoms. The second kappa shape index (κ2) is 3.29. The van der Waals surface area contributed by atoms with E-state index in [0.29, 0.717) is 15.6 Å². The number of para-hydroxylation sites is 2. The molecule has 1 aromatic carbocycles. The van der Waals surface area contributed by atoms with E-state index in [-0.39, 0.29) is 5.78 Å². The van der Waals surface area contributed by atoms with Crippen molar-refractivity contribution in [2.75, 3.05) is 0 Å². The number of carbonyl (C=O) groups excluding carboxylic acids is 1. The maximum atomic E-state index is 11.8. The van der Waals surface area contributed by atoms with Crippen LogP contribution in [0.25, 0.3) is 16.8 Å². The van der Waals surface area contributed by atoms with E-state index in [4.69, 9.17) is 5.73 Å². The fourth-order valence-corrected chi connectivity index (χ4v) is 1.86. The Balaban J connectivity index is 2.71. The van der Waals surface area contributed by atoms with Gasteiger partial charge in [-0.15, -0.1) is 0 Å². The number of nitrogens with zero attached hydrogens (tertiary/aromatic N) is 3. The van der Waals surface area contributed by atoms with Crippen molar-refractivity contribution in [2.45, 2.75) is 0 Å². The molecule has 0 radical (unpaired) electrons. The number of aromatic nitrogens is 4. The van der Waals surface area contributed by atoms with Crippen molar-refractivity contribution in [2.24, 2.45) is 5.73 Å². The molecule has 3 rings (SSSR count). The number of fused-ring (bicyclic) bond motifs is 3. The van der Waals surface area contributed by atoms with Crippen molar-refractivity contribution in [3.05, 3.63) is 45.2 Å². The molecule has 0 saturated carbocycles. The molecule has 8 heteroatoms. The number of primary amides is 1. The van der Waals surface area contributed by atoms with Gasteiger partial charge in [-0.2, -0.15) is 4.57 Å². The molecule has 90 valence electrons. The van der Waals surface area contributed by atoms with E-state index >= 15 is 0 Å². The van der Waals surface area contributed by atoms with Gasteiger partial charge >= 0.3 is 17.4 Å². The van der Waals surface area contributed by atoms with Crippen molar-refractivity contribution >= 4 is 22.8 Å². The molecule has 0 atom stereocenters. The highest BCUT2D eigenvalue weighted by molar-refractivity contribution is 5.84. The number of carbonyl (C=O) groups is 1. The van der Waals surface area contributed by atoms with Crippen LogP contribution in [0.3, 0.4) is 0 Å². The summed E-state index contributed by atoms with van der Waals surface area (Å²) in [6, 6.07) is 5.76. The van der Waals surface area contributed by atoms with Gasteiger partial charge < -0.3 is 5.73 Å². The lowest BCUT2D eigenvalue weighted by Gasteiger charge is -2.00. The Morgan fingerprint density at radius 1 is 1.22 bits per heavy atom. The standard InChI is InChI=1S/C10H7N5O3/c11-7(16)15-8-12-5-3-1-2-4-6(5)14(8)9(17)13-10(15)18/h1-4H,(H2,11,16)(H,13,17,18). The predicted molar refractivity (Wildman–Crippen MR) is 62.6 cm³/mol. The zero-order valence-corrected chi connectivity index (χ0v) is 8.95. The fourth-order valence-electron chi connectivity index (χ4n) is 1.86. The fraction of sp³-hybridized carbons (Fsp3) is 0. The van der Waals surface area contributed by atoms with Crippen LogP contribution in [-0.2, 0) is 0 Å². The van der Waals surface area contributed by atoms with E-state index in [9.17, 15) is 14.4 Å². The number of benzene rings is 1.